The van der Waals surface area contributed by atoms with Crippen molar-refractivity contribution in [1.82, 2.24) is 10.3 Å². The second kappa shape index (κ2) is 6.91. The number of thioether (sulfide) groups is 1. The second-order valence-electron chi connectivity index (χ2n) is 7.47. The maximum atomic E-state index is 12.7. The number of amides is 2. The molecule has 5 nitrogen and oxygen atoms in total. The number of hydrogen-bond acceptors (Lipinski definition) is 4. The van der Waals surface area contributed by atoms with E-state index in [0.29, 0.717) is 16.9 Å². The van der Waals surface area contributed by atoms with Gasteiger partial charge in [0.25, 0.3) is 5.91 Å². The number of pyridine rings is 1. The van der Waals surface area contributed by atoms with Crippen LogP contribution in [0.25, 0.3) is 10.9 Å². The van der Waals surface area contributed by atoms with Crippen molar-refractivity contribution >= 4 is 34.5 Å². The van der Waals surface area contributed by atoms with Gasteiger partial charge in [-0.3, -0.25) is 9.59 Å². The fourth-order valence-corrected chi connectivity index (χ4v) is 6.30. The Morgan fingerprint density at radius 1 is 1.19 bits per heavy atom. The Bertz CT molecular complexity index is 856. The van der Waals surface area contributed by atoms with Crippen LogP contribution in [0, 0.1) is 17.8 Å². The summed E-state index contributed by atoms with van der Waals surface area (Å²) in [5, 5.41) is 4.14. The molecule has 1 aliphatic carbocycles. The van der Waals surface area contributed by atoms with Crippen molar-refractivity contribution in [3.8, 4) is 0 Å². The molecule has 26 heavy (non-hydrogen) atoms. The first-order chi connectivity index (χ1) is 12.5. The van der Waals surface area contributed by atoms with Crippen LogP contribution in [0.1, 0.15) is 36.7 Å². The quantitative estimate of drug-likeness (QED) is 0.871. The Labute approximate surface area is 157 Å². The SMILES string of the molecule is CC1CCC2C(C1)SC(NC(=O)c1ccc3ccccc3n1)C2C(N)=O. The third kappa shape index (κ3) is 3.18. The van der Waals surface area contributed by atoms with Crippen LogP contribution in [-0.2, 0) is 4.79 Å². The Morgan fingerprint density at radius 3 is 2.81 bits per heavy atom. The molecule has 0 radical (unpaired) electrons. The summed E-state index contributed by atoms with van der Waals surface area (Å²) >= 11 is 1.70. The van der Waals surface area contributed by atoms with Crippen molar-refractivity contribution in [3.63, 3.8) is 0 Å². The van der Waals surface area contributed by atoms with Gasteiger partial charge in [0.2, 0.25) is 5.91 Å². The third-order valence-corrected chi connectivity index (χ3v) is 7.24. The number of carbonyl (C=O) groups is 2. The number of fused-ring (bicyclic) bond motifs is 2. The molecule has 1 saturated carbocycles. The largest absolute Gasteiger partial charge is 0.369 e. The number of nitrogens with two attached hydrogens (primary N) is 1. The summed E-state index contributed by atoms with van der Waals surface area (Å²) in [7, 11) is 0. The highest BCUT2D eigenvalue weighted by Gasteiger charge is 2.49. The number of nitrogens with zero attached hydrogens (tertiary/aromatic N) is 1. The van der Waals surface area contributed by atoms with Crippen LogP contribution in [0.15, 0.2) is 36.4 Å². The lowest BCUT2D eigenvalue weighted by Crippen LogP contribution is -2.44. The molecule has 3 N–H and O–H groups in total. The predicted molar refractivity (Wildman–Crippen MR) is 104 cm³/mol. The van der Waals surface area contributed by atoms with Crippen molar-refractivity contribution in [2.75, 3.05) is 0 Å². The van der Waals surface area contributed by atoms with Crippen LogP contribution in [0.5, 0.6) is 0 Å². The molecule has 136 valence electrons. The maximum Gasteiger partial charge on any atom is 0.270 e. The molecular formula is C20H23N3O2S. The smallest absolute Gasteiger partial charge is 0.270 e. The first-order valence-electron chi connectivity index (χ1n) is 9.14. The number of aromatic nitrogens is 1. The van der Waals surface area contributed by atoms with E-state index in [0.717, 1.165) is 30.2 Å². The zero-order chi connectivity index (χ0) is 18.3. The van der Waals surface area contributed by atoms with Crippen LogP contribution in [0.2, 0.25) is 0 Å². The zero-order valence-electron chi connectivity index (χ0n) is 14.7. The molecule has 1 aliphatic heterocycles. The van der Waals surface area contributed by atoms with Crippen LogP contribution in [0.4, 0.5) is 0 Å². The Hall–Kier alpha value is -2.08. The topological polar surface area (TPSA) is 85.1 Å². The summed E-state index contributed by atoms with van der Waals surface area (Å²) in [6.45, 7) is 2.25. The van der Waals surface area contributed by atoms with Gasteiger partial charge in [-0.15, -0.1) is 11.8 Å². The average Bonchev–Trinajstić information content (AvgIpc) is 2.98. The van der Waals surface area contributed by atoms with Crippen molar-refractivity contribution in [2.45, 2.75) is 36.8 Å². The molecule has 2 amide bonds. The number of hydrogen-bond donors (Lipinski definition) is 2. The van der Waals surface area contributed by atoms with Gasteiger partial charge >= 0.3 is 0 Å². The predicted octanol–water partition coefficient (Wildman–Crippen LogP) is 2.94. The first kappa shape index (κ1) is 17.3. The van der Waals surface area contributed by atoms with Crippen LogP contribution >= 0.6 is 11.8 Å². The number of para-hydroxylation sites is 1. The minimum absolute atomic E-state index is 0.244. The molecule has 5 unspecified atom stereocenters. The van der Waals surface area contributed by atoms with Crippen molar-refractivity contribution in [3.05, 3.63) is 42.1 Å². The summed E-state index contributed by atoms with van der Waals surface area (Å²) in [6, 6.07) is 11.3. The van der Waals surface area contributed by atoms with E-state index >= 15 is 0 Å². The number of nitrogens with one attached hydrogen (secondary N) is 1. The molecular weight excluding hydrogens is 346 g/mol. The number of benzene rings is 1. The highest BCUT2D eigenvalue weighted by Crippen LogP contribution is 2.50. The maximum absolute atomic E-state index is 12.7. The fourth-order valence-electron chi connectivity index (χ4n) is 4.30. The van der Waals surface area contributed by atoms with E-state index in [2.05, 4.69) is 17.2 Å². The number of carbonyl (C=O) groups excluding carboxylic acids is 2. The average molecular weight is 369 g/mol. The van der Waals surface area contributed by atoms with Gasteiger partial charge in [0.15, 0.2) is 0 Å². The molecule has 2 heterocycles. The molecule has 6 heteroatoms. The van der Waals surface area contributed by atoms with Gasteiger partial charge in [0, 0.05) is 10.6 Å². The molecule has 2 aliphatic rings. The van der Waals surface area contributed by atoms with E-state index < -0.39 is 0 Å². The molecule has 1 aromatic carbocycles. The highest BCUT2D eigenvalue weighted by molar-refractivity contribution is 8.00. The molecule has 4 rings (SSSR count). The van der Waals surface area contributed by atoms with Crippen molar-refractivity contribution in [2.24, 2.45) is 23.5 Å². The summed E-state index contributed by atoms with van der Waals surface area (Å²) in [5.41, 5.74) is 6.86. The van der Waals surface area contributed by atoms with Crippen molar-refractivity contribution in [1.29, 1.82) is 0 Å². The van der Waals surface area contributed by atoms with Crippen LogP contribution in [-0.4, -0.2) is 27.4 Å². The highest BCUT2D eigenvalue weighted by atomic mass is 32.2. The van der Waals surface area contributed by atoms with E-state index in [1.807, 2.05) is 30.3 Å². The summed E-state index contributed by atoms with van der Waals surface area (Å²) < 4.78 is 0. The van der Waals surface area contributed by atoms with E-state index in [-0.39, 0.29) is 29.0 Å². The van der Waals surface area contributed by atoms with E-state index in [1.54, 1.807) is 17.8 Å². The van der Waals surface area contributed by atoms with Gasteiger partial charge in [0.1, 0.15) is 5.69 Å². The van der Waals surface area contributed by atoms with Gasteiger partial charge in [-0.05, 0) is 36.8 Å². The number of rotatable bonds is 3. The van der Waals surface area contributed by atoms with E-state index in [4.69, 9.17) is 5.73 Å². The number of primary amides is 1. The second-order valence-corrected chi connectivity index (χ2v) is 8.85. The van der Waals surface area contributed by atoms with Gasteiger partial charge in [-0.1, -0.05) is 37.6 Å². The van der Waals surface area contributed by atoms with Crippen LogP contribution < -0.4 is 11.1 Å². The lowest BCUT2D eigenvalue weighted by Gasteiger charge is -2.30. The van der Waals surface area contributed by atoms with E-state index in [1.165, 1.54) is 0 Å². The minimum atomic E-state index is -0.309. The molecule has 1 saturated heterocycles. The lowest BCUT2D eigenvalue weighted by molar-refractivity contribution is -0.123. The Balaban J connectivity index is 1.54. The van der Waals surface area contributed by atoms with E-state index in [9.17, 15) is 9.59 Å². The Kier molecular flexibility index (Phi) is 4.61. The fraction of sp³-hybridized carbons (Fsp3) is 0.450. The molecule has 1 aromatic heterocycles. The zero-order valence-corrected chi connectivity index (χ0v) is 15.5. The molecule has 5 atom stereocenters. The van der Waals surface area contributed by atoms with Crippen LogP contribution in [0.3, 0.4) is 0 Å². The summed E-state index contributed by atoms with van der Waals surface area (Å²) in [5.74, 6) is 0.0712. The first-order valence-corrected chi connectivity index (χ1v) is 10.1. The summed E-state index contributed by atoms with van der Waals surface area (Å²) in [6.07, 6.45) is 3.21. The van der Waals surface area contributed by atoms with Gasteiger partial charge < -0.3 is 11.1 Å². The lowest BCUT2D eigenvalue weighted by atomic mass is 9.76. The molecule has 0 spiro atoms. The molecule has 2 aromatic rings. The van der Waals surface area contributed by atoms with Gasteiger partial charge in [0.05, 0.1) is 16.8 Å². The third-order valence-electron chi connectivity index (χ3n) is 5.65. The normalized spacial score (nSPS) is 30.7. The standard InChI is InChI=1S/C20H23N3O2S/c1-11-6-8-13-16(10-11)26-20(17(13)18(21)24)23-19(25)15-9-7-12-4-2-3-5-14(12)22-15/h2-5,7,9,11,13,16-17,20H,6,8,10H2,1H3,(H2,21,24)(H,23,25). The molecule has 0 bridgehead atoms. The molecule has 2 fully saturated rings. The Morgan fingerprint density at radius 2 is 2.00 bits per heavy atom. The van der Waals surface area contributed by atoms with Gasteiger partial charge in [-0.2, -0.15) is 0 Å². The summed E-state index contributed by atoms with van der Waals surface area (Å²) in [4.78, 5) is 29.3. The van der Waals surface area contributed by atoms with Crippen molar-refractivity contribution < 1.29 is 9.59 Å². The van der Waals surface area contributed by atoms with Gasteiger partial charge in [-0.25, -0.2) is 4.98 Å². The minimum Gasteiger partial charge on any atom is -0.369 e. The monoisotopic (exact) mass is 369 g/mol.